The zero-order valence-corrected chi connectivity index (χ0v) is 8.79. The molecule has 1 aliphatic heterocycles. The van der Waals surface area contributed by atoms with Crippen LogP contribution in [0.25, 0.3) is 0 Å². The summed E-state index contributed by atoms with van der Waals surface area (Å²) in [6.07, 6.45) is 2.66. The zero-order valence-electron chi connectivity index (χ0n) is 8.79. The topological polar surface area (TPSA) is 54.0 Å². The van der Waals surface area contributed by atoms with E-state index in [-0.39, 0.29) is 5.91 Å². The number of carbonyl (C=O) groups excluding carboxylic acids is 1. The summed E-state index contributed by atoms with van der Waals surface area (Å²) in [5.41, 5.74) is 0.0713. The summed E-state index contributed by atoms with van der Waals surface area (Å²) in [6.45, 7) is 3.43. The SMILES string of the molecule is CC1(c2ccccn2)NCCCNC1=O. The molecule has 15 heavy (non-hydrogen) atoms. The standard InChI is InChI=1S/C11H15N3O/c1-11(9-5-2-3-6-12-9)10(15)13-7-4-8-14-11/h2-3,5-6,14H,4,7-8H2,1H3,(H,13,15). The van der Waals surface area contributed by atoms with Gasteiger partial charge in [0.25, 0.3) is 0 Å². The molecule has 1 atom stereocenters. The van der Waals surface area contributed by atoms with Crippen LogP contribution in [0.2, 0.25) is 0 Å². The predicted molar refractivity (Wildman–Crippen MR) is 57.2 cm³/mol. The van der Waals surface area contributed by atoms with Gasteiger partial charge in [0, 0.05) is 12.7 Å². The van der Waals surface area contributed by atoms with E-state index >= 15 is 0 Å². The van der Waals surface area contributed by atoms with Crippen LogP contribution in [-0.2, 0) is 10.3 Å². The van der Waals surface area contributed by atoms with E-state index in [9.17, 15) is 4.79 Å². The fourth-order valence-corrected chi connectivity index (χ4v) is 1.75. The molecule has 1 unspecified atom stereocenters. The number of nitrogens with one attached hydrogen (secondary N) is 2. The van der Waals surface area contributed by atoms with Gasteiger partial charge in [-0.25, -0.2) is 0 Å². The van der Waals surface area contributed by atoms with Crippen LogP contribution in [0, 0.1) is 0 Å². The van der Waals surface area contributed by atoms with Gasteiger partial charge >= 0.3 is 0 Å². The summed E-state index contributed by atoms with van der Waals surface area (Å²) in [5, 5.41) is 6.14. The predicted octanol–water partition coefficient (Wildman–Crippen LogP) is 0.406. The molecule has 1 amide bonds. The lowest BCUT2D eigenvalue weighted by molar-refractivity contribution is -0.126. The quantitative estimate of drug-likeness (QED) is 0.698. The third kappa shape index (κ3) is 1.85. The minimum absolute atomic E-state index is 0.00120. The molecule has 1 aromatic rings. The van der Waals surface area contributed by atoms with E-state index in [2.05, 4.69) is 15.6 Å². The molecule has 0 radical (unpaired) electrons. The summed E-state index contributed by atoms with van der Waals surface area (Å²) in [4.78, 5) is 16.2. The number of hydrogen-bond acceptors (Lipinski definition) is 3. The molecule has 80 valence electrons. The molecule has 4 heteroatoms. The van der Waals surface area contributed by atoms with Crippen LogP contribution in [0.15, 0.2) is 24.4 Å². The van der Waals surface area contributed by atoms with Gasteiger partial charge in [-0.2, -0.15) is 0 Å². The highest BCUT2D eigenvalue weighted by atomic mass is 16.2. The van der Waals surface area contributed by atoms with Crippen LogP contribution >= 0.6 is 0 Å². The highest BCUT2D eigenvalue weighted by Crippen LogP contribution is 2.19. The van der Waals surface area contributed by atoms with E-state index in [4.69, 9.17) is 0 Å². The maximum atomic E-state index is 11.9. The van der Waals surface area contributed by atoms with Gasteiger partial charge in [0.15, 0.2) is 0 Å². The number of hydrogen-bond donors (Lipinski definition) is 2. The first kappa shape index (κ1) is 10.1. The molecule has 0 bridgehead atoms. The number of carbonyl (C=O) groups is 1. The van der Waals surface area contributed by atoms with Gasteiger partial charge in [-0.3, -0.25) is 15.1 Å². The minimum atomic E-state index is -0.697. The molecule has 0 aliphatic carbocycles. The van der Waals surface area contributed by atoms with Gasteiger partial charge in [-0.05, 0) is 32.0 Å². The molecule has 4 nitrogen and oxygen atoms in total. The Morgan fingerprint density at radius 2 is 2.27 bits per heavy atom. The van der Waals surface area contributed by atoms with Crippen molar-refractivity contribution in [3.63, 3.8) is 0 Å². The Hall–Kier alpha value is -1.42. The molecule has 1 fully saturated rings. The molecule has 0 saturated carbocycles. The molecular weight excluding hydrogens is 190 g/mol. The molecular formula is C11H15N3O. The first-order valence-corrected chi connectivity index (χ1v) is 5.18. The zero-order chi connectivity index (χ0) is 10.7. The van der Waals surface area contributed by atoms with Crippen molar-refractivity contribution in [2.45, 2.75) is 18.9 Å². The molecule has 2 rings (SSSR count). The minimum Gasteiger partial charge on any atom is -0.354 e. The Labute approximate surface area is 89.1 Å². The van der Waals surface area contributed by atoms with Crippen molar-refractivity contribution in [3.05, 3.63) is 30.1 Å². The second-order valence-corrected chi connectivity index (χ2v) is 3.88. The Bertz CT molecular complexity index is 352. The number of pyridine rings is 1. The van der Waals surface area contributed by atoms with E-state index in [0.717, 1.165) is 25.2 Å². The van der Waals surface area contributed by atoms with Gasteiger partial charge in [0.05, 0.1) is 5.69 Å². The fraction of sp³-hybridized carbons (Fsp3) is 0.455. The van der Waals surface area contributed by atoms with E-state index in [1.165, 1.54) is 0 Å². The second kappa shape index (κ2) is 3.98. The van der Waals surface area contributed by atoms with Gasteiger partial charge in [-0.1, -0.05) is 6.07 Å². The maximum Gasteiger partial charge on any atom is 0.246 e. The third-order valence-corrected chi connectivity index (χ3v) is 2.75. The van der Waals surface area contributed by atoms with Crippen LogP contribution in [0.4, 0.5) is 0 Å². The molecule has 2 N–H and O–H groups in total. The monoisotopic (exact) mass is 205 g/mol. The average Bonchev–Trinajstić information content (AvgIpc) is 2.44. The Balaban J connectivity index is 2.34. The van der Waals surface area contributed by atoms with E-state index in [1.54, 1.807) is 6.20 Å². The van der Waals surface area contributed by atoms with Gasteiger partial charge in [0.2, 0.25) is 5.91 Å². The molecule has 1 aliphatic rings. The van der Waals surface area contributed by atoms with Crippen molar-refractivity contribution in [2.75, 3.05) is 13.1 Å². The summed E-state index contributed by atoms with van der Waals surface area (Å²) in [6, 6.07) is 5.62. The van der Waals surface area contributed by atoms with Gasteiger partial charge in [0.1, 0.15) is 5.54 Å². The van der Waals surface area contributed by atoms with Crippen molar-refractivity contribution in [1.82, 2.24) is 15.6 Å². The van der Waals surface area contributed by atoms with Crippen LogP contribution in [0.1, 0.15) is 19.0 Å². The largest absolute Gasteiger partial charge is 0.354 e. The number of nitrogens with zero attached hydrogens (tertiary/aromatic N) is 1. The summed E-state index contributed by atoms with van der Waals surface area (Å²) >= 11 is 0. The third-order valence-electron chi connectivity index (χ3n) is 2.75. The van der Waals surface area contributed by atoms with Crippen molar-refractivity contribution in [2.24, 2.45) is 0 Å². The number of aromatic nitrogens is 1. The Kier molecular flexibility index (Phi) is 2.68. The summed E-state index contributed by atoms with van der Waals surface area (Å²) in [5.74, 6) is -0.00120. The fourth-order valence-electron chi connectivity index (χ4n) is 1.75. The first-order chi connectivity index (χ1) is 7.23. The lowest BCUT2D eigenvalue weighted by Gasteiger charge is -2.26. The normalized spacial score (nSPS) is 26.9. The highest BCUT2D eigenvalue weighted by molar-refractivity contribution is 5.86. The number of rotatable bonds is 1. The van der Waals surface area contributed by atoms with E-state index in [1.807, 2.05) is 25.1 Å². The van der Waals surface area contributed by atoms with Crippen LogP contribution < -0.4 is 10.6 Å². The maximum absolute atomic E-state index is 11.9. The molecule has 0 aromatic carbocycles. The summed E-state index contributed by atoms with van der Waals surface area (Å²) in [7, 11) is 0. The lowest BCUT2D eigenvalue weighted by atomic mass is 9.96. The number of amides is 1. The first-order valence-electron chi connectivity index (χ1n) is 5.18. The molecule has 1 aromatic heterocycles. The second-order valence-electron chi connectivity index (χ2n) is 3.88. The Morgan fingerprint density at radius 1 is 1.40 bits per heavy atom. The van der Waals surface area contributed by atoms with Crippen molar-refractivity contribution >= 4 is 5.91 Å². The van der Waals surface area contributed by atoms with Crippen LogP contribution in [0.3, 0.4) is 0 Å². The molecule has 1 saturated heterocycles. The highest BCUT2D eigenvalue weighted by Gasteiger charge is 2.36. The van der Waals surface area contributed by atoms with Gasteiger partial charge in [-0.15, -0.1) is 0 Å². The van der Waals surface area contributed by atoms with Crippen molar-refractivity contribution in [3.8, 4) is 0 Å². The lowest BCUT2D eigenvalue weighted by Crippen LogP contribution is -2.50. The smallest absolute Gasteiger partial charge is 0.246 e. The molecule has 0 spiro atoms. The van der Waals surface area contributed by atoms with Crippen molar-refractivity contribution < 1.29 is 4.79 Å². The van der Waals surface area contributed by atoms with Crippen molar-refractivity contribution in [1.29, 1.82) is 0 Å². The average molecular weight is 205 g/mol. The van der Waals surface area contributed by atoms with Crippen LogP contribution in [0.5, 0.6) is 0 Å². The molecule has 2 heterocycles. The summed E-state index contributed by atoms with van der Waals surface area (Å²) < 4.78 is 0. The van der Waals surface area contributed by atoms with E-state index in [0.29, 0.717) is 0 Å². The Morgan fingerprint density at radius 3 is 3.00 bits per heavy atom. The van der Waals surface area contributed by atoms with Gasteiger partial charge < -0.3 is 5.32 Å². The van der Waals surface area contributed by atoms with E-state index < -0.39 is 5.54 Å². The van der Waals surface area contributed by atoms with Crippen LogP contribution in [-0.4, -0.2) is 24.0 Å².